The lowest BCUT2D eigenvalue weighted by molar-refractivity contribution is -0.123. The van der Waals surface area contributed by atoms with Gasteiger partial charge in [0.2, 0.25) is 5.91 Å². The van der Waals surface area contributed by atoms with Gasteiger partial charge in [-0.2, -0.15) is 0 Å². The first-order chi connectivity index (χ1) is 7.63. The van der Waals surface area contributed by atoms with Crippen molar-refractivity contribution in [1.82, 2.24) is 5.32 Å². The zero-order chi connectivity index (χ0) is 12.0. The Hall–Kier alpha value is -0.610. The molecule has 1 fully saturated rings. The molecule has 0 aromatic rings. The number of nitrogens with one attached hydrogen (secondary N) is 1. The molecule has 3 atom stereocenters. The van der Waals surface area contributed by atoms with E-state index < -0.39 is 0 Å². The minimum absolute atomic E-state index is 0.0214. The van der Waals surface area contributed by atoms with Gasteiger partial charge in [-0.1, -0.05) is 26.2 Å². The maximum Gasteiger partial charge on any atom is 0.221 e. The van der Waals surface area contributed by atoms with Crippen LogP contribution >= 0.6 is 0 Å². The second kappa shape index (κ2) is 6.86. The van der Waals surface area contributed by atoms with Crippen LogP contribution in [0.4, 0.5) is 0 Å². The summed E-state index contributed by atoms with van der Waals surface area (Å²) in [4.78, 5) is 11.6. The fraction of sp³-hybridized carbons (Fsp3) is 0.917. The Morgan fingerprint density at radius 3 is 2.81 bits per heavy atom. The molecule has 0 aliphatic heterocycles. The summed E-state index contributed by atoms with van der Waals surface area (Å²) in [5.74, 6) is -0.0214. The molecule has 3 unspecified atom stereocenters. The van der Waals surface area contributed by atoms with Gasteiger partial charge in [0.15, 0.2) is 0 Å². The van der Waals surface area contributed by atoms with E-state index in [1.54, 1.807) is 0 Å². The molecule has 0 spiro atoms. The molecule has 4 nitrogen and oxygen atoms in total. The third-order valence-corrected chi connectivity index (χ3v) is 3.18. The van der Waals surface area contributed by atoms with Crippen molar-refractivity contribution in [1.29, 1.82) is 0 Å². The maximum atomic E-state index is 11.6. The molecule has 1 aliphatic carbocycles. The normalized spacial score (nSPS) is 27.4. The molecule has 0 aromatic carbocycles. The van der Waals surface area contributed by atoms with Crippen LogP contribution in [0, 0.1) is 0 Å². The first-order valence-electron chi connectivity index (χ1n) is 6.36. The highest BCUT2D eigenvalue weighted by molar-refractivity contribution is 5.76. The number of hydrogen-bond acceptors (Lipinski definition) is 3. The van der Waals surface area contributed by atoms with Crippen molar-refractivity contribution in [2.75, 3.05) is 0 Å². The average Bonchev–Trinajstić information content (AvgIpc) is 2.21. The van der Waals surface area contributed by atoms with Crippen molar-refractivity contribution in [3.8, 4) is 0 Å². The molecule has 0 bridgehead atoms. The van der Waals surface area contributed by atoms with Crippen LogP contribution in [0.3, 0.4) is 0 Å². The van der Waals surface area contributed by atoms with Gasteiger partial charge in [0.05, 0.1) is 12.1 Å². The highest BCUT2D eigenvalue weighted by Crippen LogP contribution is 2.18. The van der Waals surface area contributed by atoms with Crippen molar-refractivity contribution in [3.05, 3.63) is 0 Å². The van der Waals surface area contributed by atoms with E-state index in [9.17, 15) is 9.90 Å². The number of carbonyl (C=O) groups is 1. The number of hydrogen-bond donors (Lipinski definition) is 3. The topological polar surface area (TPSA) is 75.4 Å². The number of nitrogens with two attached hydrogens (primary N) is 1. The van der Waals surface area contributed by atoms with E-state index in [0.29, 0.717) is 6.42 Å². The SMILES string of the molecule is CCCC(N)CC(=O)NC1CCCCC1O. The molecule has 1 aliphatic rings. The fourth-order valence-corrected chi connectivity index (χ4v) is 2.26. The van der Waals surface area contributed by atoms with Crippen LogP contribution in [0.25, 0.3) is 0 Å². The van der Waals surface area contributed by atoms with Crippen molar-refractivity contribution >= 4 is 5.91 Å². The lowest BCUT2D eigenvalue weighted by atomic mass is 9.92. The van der Waals surface area contributed by atoms with Crippen molar-refractivity contribution < 1.29 is 9.90 Å². The van der Waals surface area contributed by atoms with Gasteiger partial charge in [-0.05, 0) is 19.3 Å². The van der Waals surface area contributed by atoms with Gasteiger partial charge < -0.3 is 16.2 Å². The van der Waals surface area contributed by atoms with E-state index in [1.807, 2.05) is 0 Å². The summed E-state index contributed by atoms with van der Waals surface area (Å²) < 4.78 is 0. The number of aliphatic hydroxyl groups is 1. The highest BCUT2D eigenvalue weighted by Gasteiger charge is 2.24. The van der Waals surface area contributed by atoms with Crippen LogP contribution in [0.2, 0.25) is 0 Å². The summed E-state index contributed by atoms with van der Waals surface area (Å²) in [7, 11) is 0. The lowest BCUT2D eigenvalue weighted by Gasteiger charge is -2.28. The Morgan fingerprint density at radius 2 is 2.19 bits per heavy atom. The van der Waals surface area contributed by atoms with Crippen molar-refractivity contribution in [2.24, 2.45) is 5.73 Å². The summed E-state index contributed by atoms with van der Waals surface area (Å²) in [5, 5.41) is 12.6. The Bertz CT molecular complexity index is 221. The second-order valence-corrected chi connectivity index (χ2v) is 4.78. The molecular weight excluding hydrogens is 204 g/mol. The summed E-state index contributed by atoms with van der Waals surface area (Å²) in [6, 6.07) is -0.110. The first kappa shape index (κ1) is 13.5. The lowest BCUT2D eigenvalue weighted by Crippen LogP contribution is -2.46. The minimum atomic E-state index is -0.375. The van der Waals surface area contributed by atoms with E-state index in [-0.39, 0.29) is 24.1 Å². The zero-order valence-corrected chi connectivity index (χ0v) is 10.1. The number of rotatable bonds is 5. The molecule has 0 saturated heterocycles. The van der Waals surface area contributed by atoms with Gasteiger partial charge in [-0.3, -0.25) is 4.79 Å². The Kier molecular flexibility index (Phi) is 5.77. The molecule has 16 heavy (non-hydrogen) atoms. The Labute approximate surface area is 97.6 Å². The van der Waals surface area contributed by atoms with E-state index in [0.717, 1.165) is 38.5 Å². The molecular formula is C12H24N2O2. The predicted molar refractivity (Wildman–Crippen MR) is 63.9 cm³/mol. The summed E-state index contributed by atoms with van der Waals surface area (Å²) in [5.41, 5.74) is 5.80. The van der Waals surface area contributed by atoms with Gasteiger partial charge in [0, 0.05) is 12.5 Å². The van der Waals surface area contributed by atoms with Crippen LogP contribution in [-0.2, 0) is 4.79 Å². The van der Waals surface area contributed by atoms with Gasteiger partial charge in [-0.15, -0.1) is 0 Å². The average molecular weight is 228 g/mol. The quantitative estimate of drug-likeness (QED) is 0.655. The number of carbonyl (C=O) groups excluding carboxylic acids is 1. The maximum absolute atomic E-state index is 11.6. The number of amides is 1. The fourth-order valence-electron chi connectivity index (χ4n) is 2.26. The molecule has 0 aromatic heterocycles. The minimum Gasteiger partial charge on any atom is -0.391 e. The molecule has 1 amide bonds. The largest absolute Gasteiger partial charge is 0.391 e. The molecule has 4 heteroatoms. The molecule has 0 heterocycles. The van der Waals surface area contributed by atoms with Gasteiger partial charge >= 0.3 is 0 Å². The smallest absolute Gasteiger partial charge is 0.221 e. The third-order valence-electron chi connectivity index (χ3n) is 3.18. The number of aliphatic hydroxyl groups excluding tert-OH is 1. The summed E-state index contributed by atoms with van der Waals surface area (Å²) in [6.07, 6.45) is 5.70. The molecule has 1 rings (SSSR count). The predicted octanol–water partition coefficient (Wildman–Crippen LogP) is 0.924. The molecule has 94 valence electrons. The highest BCUT2D eigenvalue weighted by atomic mass is 16.3. The van der Waals surface area contributed by atoms with E-state index in [2.05, 4.69) is 12.2 Å². The van der Waals surface area contributed by atoms with Crippen LogP contribution < -0.4 is 11.1 Å². The first-order valence-corrected chi connectivity index (χ1v) is 6.36. The van der Waals surface area contributed by atoms with Crippen LogP contribution in [-0.4, -0.2) is 29.2 Å². The molecule has 0 radical (unpaired) electrons. The second-order valence-electron chi connectivity index (χ2n) is 4.78. The van der Waals surface area contributed by atoms with Crippen molar-refractivity contribution in [3.63, 3.8) is 0 Å². The van der Waals surface area contributed by atoms with E-state index in [1.165, 1.54) is 0 Å². The van der Waals surface area contributed by atoms with Gasteiger partial charge in [0.25, 0.3) is 0 Å². The van der Waals surface area contributed by atoms with Gasteiger partial charge in [0.1, 0.15) is 0 Å². The Balaban J connectivity index is 2.27. The van der Waals surface area contributed by atoms with Crippen LogP contribution in [0.15, 0.2) is 0 Å². The van der Waals surface area contributed by atoms with Crippen LogP contribution in [0.1, 0.15) is 51.9 Å². The Morgan fingerprint density at radius 1 is 1.50 bits per heavy atom. The summed E-state index contributed by atoms with van der Waals surface area (Å²) in [6.45, 7) is 2.06. The van der Waals surface area contributed by atoms with E-state index in [4.69, 9.17) is 5.73 Å². The molecule has 4 N–H and O–H groups in total. The molecule has 1 saturated carbocycles. The van der Waals surface area contributed by atoms with E-state index >= 15 is 0 Å². The van der Waals surface area contributed by atoms with Gasteiger partial charge in [-0.25, -0.2) is 0 Å². The third kappa shape index (κ3) is 4.49. The zero-order valence-electron chi connectivity index (χ0n) is 10.1. The summed E-state index contributed by atoms with van der Waals surface area (Å²) >= 11 is 0. The monoisotopic (exact) mass is 228 g/mol. The van der Waals surface area contributed by atoms with Crippen molar-refractivity contribution in [2.45, 2.75) is 70.1 Å². The van der Waals surface area contributed by atoms with Crippen LogP contribution in [0.5, 0.6) is 0 Å². The standard InChI is InChI=1S/C12H24N2O2/c1-2-5-9(13)8-12(16)14-10-6-3-4-7-11(10)15/h9-11,15H,2-8,13H2,1H3,(H,14,16).